The van der Waals surface area contributed by atoms with E-state index in [2.05, 4.69) is 35.6 Å². The number of unbranched alkanes of at least 4 members (excludes halogenated alkanes) is 2. The fourth-order valence-electron chi connectivity index (χ4n) is 3.43. The van der Waals surface area contributed by atoms with E-state index in [0.29, 0.717) is 5.56 Å². The lowest BCUT2D eigenvalue weighted by Crippen LogP contribution is -2.23. The standard InChI is InChI=1S/C24H27NO3/c1-28-16-6-2-5-15-25-23(19-10-12-20(13-11-19)24(26)27)22-14-9-18-7-3-4-8-21(18)17-22/h3-4,7-14,17,23,25H,2,5-6,15-16H2,1H3,(H,26,27). The summed E-state index contributed by atoms with van der Waals surface area (Å²) >= 11 is 0. The van der Waals surface area contributed by atoms with Crippen molar-refractivity contribution in [1.29, 1.82) is 0 Å². The molecule has 3 aromatic carbocycles. The Morgan fingerprint density at radius 2 is 1.64 bits per heavy atom. The zero-order chi connectivity index (χ0) is 19.8. The quantitative estimate of drug-likeness (QED) is 0.486. The maximum Gasteiger partial charge on any atom is 0.335 e. The minimum absolute atomic E-state index is 0.0230. The van der Waals surface area contributed by atoms with Crippen LogP contribution in [0.3, 0.4) is 0 Å². The minimum atomic E-state index is -0.903. The lowest BCUT2D eigenvalue weighted by Gasteiger charge is -2.21. The van der Waals surface area contributed by atoms with Gasteiger partial charge in [-0.05, 0) is 65.9 Å². The number of rotatable bonds is 10. The van der Waals surface area contributed by atoms with Crippen LogP contribution in [-0.4, -0.2) is 31.3 Å². The van der Waals surface area contributed by atoms with Gasteiger partial charge in [-0.3, -0.25) is 0 Å². The molecular weight excluding hydrogens is 350 g/mol. The molecule has 0 amide bonds. The van der Waals surface area contributed by atoms with Gasteiger partial charge in [0.1, 0.15) is 0 Å². The van der Waals surface area contributed by atoms with Crippen molar-refractivity contribution in [3.63, 3.8) is 0 Å². The first-order chi connectivity index (χ1) is 13.7. The largest absolute Gasteiger partial charge is 0.478 e. The normalized spacial score (nSPS) is 12.2. The van der Waals surface area contributed by atoms with E-state index in [1.807, 2.05) is 24.3 Å². The van der Waals surface area contributed by atoms with Gasteiger partial charge in [-0.15, -0.1) is 0 Å². The molecule has 1 atom stereocenters. The van der Waals surface area contributed by atoms with Crippen molar-refractivity contribution < 1.29 is 14.6 Å². The highest BCUT2D eigenvalue weighted by molar-refractivity contribution is 5.87. The average Bonchev–Trinajstić information content (AvgIpc) is 2.73. The molecule has 0 heterocycles. The van der Waals surface area contributed by atoms with E-state index >= 15 is 0 Å². The fraction of sp³-hybridized carbons (Fsp3) is 0.292. The van der Waals surface area contributed by atoms with Gasteiger partial charge in [0.05, 0.1) is 11.6 Å². The number of methoxy groups -OCH3 is 1. The van der Waals surface area contributed by atoms with Crippen LogP contribution < -0.4 is 5.32 Å². The second kappa shape index (κ2) is 10.0. The van der Waals surface area contributed by atoms with Crippen molar-refractivity contribution in [3.8, 4) is 0 Å². The van der Waals surface area contributed by atoms with Crippen molar-refractivity contribution in [2.24, 2.45) is 0 Å². The number of hydrogen-bond acceptors (Lipinski definition) is 3. The summed E-state index contributed by atoms with van der Waals surface area (Å²) in [5.41, 5.74) is 2.55. The van der Waals surface area contributed by atoms with Crippen molar-refractivity contribution in [2.75, 3.05) is 20.3 Å². The number of aromatic carboxylic acids is 1. The van der Waals surface area contributed by atoms with Crippen LogP contribution >= 0.6 is 0 Å². The third kappa shape index (κ3) is 5.18. The van der Waals surface area contributed by atoms with E-state index in [1.54, 1.807) is 19.2 Å². The predicted molar refractivity (Wildman–Crippen MR) is 113 cm³/mol. The number of nitrogens with one attached hydrogen (secondary N) is 1. The van der Waals surface area contributed by atoms with Crippen LogP contribution in [0.1, 0.15) is 46.8 Å². The van der Waals surface area contributed by atoms with E-state index in [1.165, 1.54) is 16.3 Å². The molecular formula is C24H27NO3. The summed E-state index contributed by atoms with van der Waals surface area (Å²) < 4.78 is 5.11. The monoisotopic (exact) mass is 377 g/mol. The molecule has 1 unspecified atom stereocenters. The lowest BCUT2D eigenvalue weighted by atomic mass is 9.95. The highest BCUT2D eigenvalue weighted by atomic mass is 16.5. The van der Waals surface area contributed by atoms with Crippen LogP contribution in [0.15, 0.2) is 66.7 Å². The van der Waals surface area contributed by atoms with Gasteiger partial charge in [0.15, 0.2) is 0 Å². The first-order valence-electron chi connectivity index (χ1n) is 9.73. The number of carboxylic acids is 1. The summed E-state index contributed by atoms with van der Waals surface area (Å²) in [6.45, 7) is 1.69. The third-order valence-electron chi connectivity index (χ3n) is 4.97. The minimum Gasteiger partial charge on any atom is -0.478 e. The molecule has 0 bridgehead atoms. The molecule has 146 valence electrons. The topological polar surface area (TPSA) is 58.6 Å². The molecule has 0 saturated carbocycles. The van der Waals surface area contributed by atoms with Gasteiger partial charge in [-0.25, -0.2) is 4.79 Å². The molecule has 4 heteroatoms. The van der Waals surface area contributed by atoms with Crippen LogP contribution in [0.2, 0.25) is 0 Å². The second-order valence-corrected chi connectivity index (χ2v) is 6.97. The van der Waals surface area contributed by atoms with Gasteiger partial charge in [-0.1, -0.05) is 48.5 Å². The third-order valence-corrected chi connectivity index (χ3v) is 4.97. The Morgan fingerprint density at radius 1 is 0.929 bits per heavy atom. The molecule has 0 radical (unpaired) electrons. The molecule has 0 aliphatic rings. The molecule has 0 spiro atoms. The zero-order valence-corrected chi connectivity index (χ0v) is 16.2. The average molecular weight is 377 g/mol. The van der Waals surface area contributed by atoms with E-state index in [0.717, 1.165) is 38.0 Å². The summed E-state index contributed by atoms with van der Waals surface area (Å²) in [4.78, 5) is 11.2. The van der Waals surface area contributed by atoms with Gasteiger partial charge in [-0.2, -0.15) is 0 Å². The number of benzene rings is 3. The summed E-state index contributed by atoms with van der Waals surface area (Å²) in [6.07, 6.45) is 3.25. The molecule has 0 aliphatic carbocycles. The van der Waals surface area contributed by atoms with Gasteiger partial charge in [0.2, 0.25) is 0 Å². The van der Waals surface area contributed by atoms with Gasteiger partial charge < -0.3 is 15.2 Å². The Labute approximate surface area is 166 Å². The van der Waals surface area contributed by atoms with Crippen LogP contribution in [-0.2, 0) is 4.74 Å². The SMILES string of the molecule is COCCCCCNC(c1ccc(C(=O)O)cc1)c1ccc2ccccc2c1. The Bertz CT molecular complexity index is 905. The van der Waals surface area contributed by atoms with E-state index < -0.39 is 5.97 Å². The van der Waals surface area contributed by atoms with Crippen molar-refractivity contribution >= 4 is 16.7 Å². The molecule has 0 saturated heterocycles. The molecule has 2 N–H and O–H groups in total. The highest BCUT2D eigenvalue weighted by Crippen LogP contribution is 2.26. The molecule has 4 nitrogen and oxygen atoms in total. The maximum atomic E-state index is 11.2. The molecule has 0 fully saturated rings. The summed E-state index contributed by atoms with van der Waals surface area (Å²) in [5, 5.41) is 15.2. The van der Waals surface area contributed by atoms with Crippen molar-refractivity contribution in [1.82, 2.24) is 5.32 Å². The molecule has 0 aromatic heterocycles. The van der Waals surface area contributed by atoms with Gasteiger partial charge in [0, 0.05) is 13.7 Å². The fourth-order valence-corrected chi connectivity index (χ4v) is 3.43. The van der Waals surface area contributed by atoms with Crippen LogP contribution in [0.25, 0.3) is 10.8 Å². The molecule has 0 aliphatic heterocycles. The number of ether oxygens (including phenoxy) is 1. The van der Waals surface area contributed by atoms with E-state index in [-0.39, 0.29) is 6.04 Å². The smallest absolute Gasteiger partial charge is 0.335 e. The molecule has 28 heavy (non-hydrogen) atoms. The van der Waals surface area contributed by atoms with Gasteiger partial charge in [0.25, 0.3) is 0 Å². The Kier molecular flexibility index (Phi) is 7.18. The molecule has 3 aromatic rings. The predicted octanol–water partition coefficient (Wildman–Crippen LogP) is 5.03. The maximum absolute atomic E-state index is 11.2. The zero-order valence-electron chi connectivity index (χ0n) is 16.2. The Balaban J connectivity index is 1.81. The Hall–Kier alpha value is -2.69. The van der Waals surface area contributed by atoms with Crippen molar-refractivity contribution in [3.05, 3.63) is 83.4 Å². The van der Waals surface area contributed by atoms with Crippen LogP contribution in [0.5, 0.6) is 0 Å². The van der Waals surface area contributed by atoms with Crippen molar-refractivity contribution in [2.45, 2.75) is 25.3 Å². The first-order valence-corrected chi connectivity index (χ1v) is 9.73. The number of hydrogen-bond donors (Lipinski definition) is 2. The first kappa shape index (κ1) is 20.1. The van der Waals surface area contributed by atoms with Crippen LogP contribution in [0, 0.1) is 0 Å². The summed E-state index contributed by atoms with van der Waals surface area (Å²) in [6, 6.07) is 22.0. The van der Waals surface area contributed by atoms with E-state index in [4.69, 9.17) is 9.84 Å². The summed E-state index contributed by atoms with van der Waals surface area (Å²) in [7, 11) is 1.73. The molecule has 3 rings (SSSR count). The van der Waals surface area contributed by atoms with Gasteiger partial charge >= 0.3 is 5.97 Å². The summed E-state index contributed by atoms with van der Waals surface area (Å²) in [5.74, 6) is -0.903. The van der Waals surface area contributed by atoms with E-state index in [9.17, 15) is 4.79 Å². The lowest BCUT2D eigenvalue weighted by molar-refractivity contribution is 0.0697. The second-order valence-electron chi connectivity index (χ2n) is 6.97. The number of carbonyl (C=O) groups is 1. The number of fused-ring (bicyclic) bond motifs is 1. The van der Waals surface area contributed by atoms with Crippen LogP contribution in [0.4, 0.5) is 0 Å². The highest BCUT2D eigenvalue weighted by Gasteiger charge is 2.15. The Morgan fingerprint density at radius 3 is 2.36 bits per heavy atom. The number of carboxylic acid groups (broad SMARTS) is 1.